The number of aromatic nitrogens is 2. The summed E-state index contributed by atoms with van der Waals surface area (Å²) in [6.07, 6.45) is 1.24. The van der Waals surface area contributed by atoms with Gasteiger partial charge in [0.15, 0.2) is 0 Å². The van der Waals surface area contributed by atoms with Crippen LogP contribution in [0.3, 0.4) is 0 Å². The van der Waals surface area contributed by atoms with Gasteiger partial charge in [-0.15, -0.1) is 0 Å². The van der Waals surface area contributed by atoms with E-state index in [0.717, 1.165) is 23.9 Å². The number of hydrogen-bond acceptors (Lipinski definition) is 2. The Morgan fingerprint density at radius 2 is 2.21 bits per heavy atom. The zero-order chi connectivity index (χ0) is 9.97. The van der Waals surface area contributed by atoms with Gasteiger partial charge >= 0.3 is 0 Å². The third kappa shape index (κ3) is 1.63. The Kier molecular flexibility index (Phi) is 2.50. The van der Waals surface area contributed by atoms with Gasteiger partial charge in [-0.2, -0.15) is 0 Å². The van der Waals surface area contributed by atoms with Crippen molar-refractivity contribution in [3.05, 3.63) is 30.1 Å². The van der Waals surface area contributed by atoms with Crippen LogP contribution in [0.1, 0.15) is 31.7 Å². The van der Waals surface area contributed by atoms with Crippen molar-refractivity contribution < 1.29 is 5.11 Å². The SMILES string of the molecule is CCC[C@H](O)c1nc2ccccc2[nH]1. The largest absolute Gasteiger partial charge is 0.385 e. The summed E-state index contributed by atoms with van der Waals surface area (Å²) in [5.41, 5.74) is 1.90. The summed E-state index contributed by atoms with van der Waals surface area (Å²) in [6, 6.07) is 7.80. The van der Waals surface area contributed by atoms with E-state index in [4.69, 9.17) is 0 Å². The van der Waals surface area contributed by atoms with Crippen LogP contribution in [0.15, 0.2) is 24.3 Å². The number of nitrogens with zero attached hydrogens (tertiary/aromatic N) is 1. The molecule has 0 saturated heterocycles. The molecule has 3 nitrogen and oxygen atoms in total. The van der Waals surface area contributed by atoms with Gasteiger partial charge in [0.25, 0.3) is 0 Å². The molecule has 1 heterocycles. The van der Waals surface area contributed by atoms with E-state index >= 15 is 0 Å². The van der Waals surface area contributed by atoms with Crippen molar-refractivity contribution in [1.29, 1.82) is 0 Å². The van der Waals surface area contributed by atoms with Crippen molar-refractivity contribution in [3.63, 3.8) is 0 Å². The summed E-state index contributed by atoms with van der Waals surface area (Å²) >= 11 is 0. The fourth-order valence-corrected chi connectivity index (χ4v) is 1.54. The van der Waals surface area contributed by atoms with Crippen LogP contribution in [0.5, 0.6) is 0 Å². The van der Waals surface area contributed by atoms with Crippen LogP contribution in [-0.4, -0.2) is 15.1 Å². The molecule has 1 aromatic carbocycles. The highest BCUT2D eigenvalue weighted by molar-refractivity contribution is 5.74. The Hall–Kier alpha value is -1.35. The van der Waals surface area contributed by atoms with E-state index in [2.05, 4.69) is 9.97 Å². The lowest BCUT2D eigenvalue weighted by molar-refractivity contribution is 0.158. The number of H-pyrrole nitrogens is 1. The lowest BCUT2D eigenvalue weighted by Gasteiger charge is -2.03. The molecule has 0 spiro atoms. The van der Waals surface area contributed by atoms with Crippen molar-refractivity contribution in [2.24, 2.45) is 0 Å². The van der Waals surface area contributed by atoms with E-state index < -0.39 is 6.10 Å². The van der Waals surface area contributed by atoms with Crippen molar-refractivity contribution in [1.82, 2.24) is 9.97 Å². The minimum Gasteiger partial charge on any atom is -0.385 e. The highest BCUT2D eigenvalue weighted by atomic mass is 16.3. The van der Waals surface area contributed by atoms with Gasteiger partial charge in [-0.3, -0.25) is 0 Å². The molecule has 14 heavy (non-hydrogen) atoms. The van der Waals surface area contributed by atoms with Crippen molar-refractivity contribution >= 4 is 11.0 Å². The van der Waals surface area contributed by atoms with Crippen molar-refractivity contribution in [2.75, 3.05) is 0 Å². The molecule has 2 N–H and O–H groups in total. The number of para-hydroxylation sites is 2. The third-order valence-corrected chi connectivity index (χ3v) is 2.29. The molecule has 3 heteroatoms. The lowest BCUT2D eigenvalue weighted by Crippen LogP contribution is -1.98. The van der Waals surface area contributed by atoms with Crippen LogP contribution in [0.25, 0.3) is 11.0 Å². The van der Waals surface area contributed by atoms with Crippen molar-refractivity contribution in [3.8, 4) is 0 Å². The number of fused-ring (bicyclic) bond motifs is 1. The topological polar surface area (TPSA) is 48.9 Å². The third-order valence-electron chi connectivity index (χ3n) is 2.29. The van der Waals surface area contributed by atoms with Gasteiger partial charge in [0, 0.05) is 0 Å². The molecule has 0 aliphatic carbocycles. The highest BCUT2D eigenvalue weighted by Crippen LogP contribution is 2.18. The molecule has 0 saturated carbocycles. The molecule has 0 unspecified atom stereocenters. The summed E-state index contributed by atoms with van der Waals surface area (Å²) in [6.45, 7) is 2.05. The van der Waals surface area contributed by atoms with Gasteiger partial charge in [-0.1, -0.05) is 25.5 Å². The van der Waals surface area contributed by atoms with Gasteiger partial charge in [-0.25, -0.2) is 4.98 Å². The number of rotatable bonds is 3. The average Bonchev–Trinajstić information content (AvgIpc) is 2.61. The van der Waals surface area contributed by atoms with Crippen LogP contribution in [0.4, 0.5) is 0 Å². The Morgan fingerprint density at radius 1 is 1.43 bits per heavy atom. The first-order chi connectivity index (χ1) is 6.81. The Bertz CT molecular complexity index is 389. The molecular formula is C11H14N2O. The van der Waals surface area contributed by atoms with E-state index in [1.165, 1.54) is 0 Å². The molecule has 0 radical (unpaired) electrons. The van der Waals surface area contributed by atoms with Gasteiger partial charge in [0.2, 0.25) is 0 Å². The molecule has 0 fully saturated rings. The number of hydrogen-bond donors (Lipinski definition) is 2. The Balaban J connectivity index is 2.35. The summed E-state index contributed by atoms with van der Waals surface area (Å²) in [5.74, 6) is 0.674. The maximum Gasteiger partial charge on any atom is 0.136 e. The second-order valence-electron chi connectivity index (χ2n) is 3.44. The van der Waals surface area contributed by atoms with Crippen LogP contribution in [-0.2, 0) is 0 Å². The summed E-state index contributed by atoms with van der Waals surface area (Å²) in [4.78, 5) is 7.44. The monoisotopic (exact) mass is 190 g/mol. The Morgan fingerprint density at radius 3 is 2.93 bits per heavy atom. The second-order valence-corrected chi connectivity index (χ2v) is 3.44. The van der Waals surface area contributed by atoms with Gasteiger partial charge < -0.3 is 10.1 Å². The molecule has 0 amide bonds. The van der Waals surface area contributed by atoms with E-state index in [0.29, 0.717) is 5.82 Å². The molecule has 1 atom stereocenters. The van der Waals surface area contributed by atoms with Crippen LogP contribution >= 0.6 is 0 Å². The second kappa shape index (κ2) is 3.80. The fraction of sp³-hybridized carbons (Fsp3) is 0.364. The first-order valence-electron chi connectivity index (χ1n) is 4.94. The van der Waals surface area contributed by atoms with E-state index in [1.54, 1.807) is 0 Å². The highest BCUT2D eigenvalue weighted by Gasteiger charge is 2.10. The molecule has 1 aromatic heterocycles. The lowest BCUT2D eigenvalue weighted by atomic mass is 10.2. The first kappa shape index (κ1) is 9.21. The molecule has 2 rings (SSSR count). The molecule has 0 aliphatic heterocycles. The number of aliphatic hydroxyl groups is 1. The van der Waals surface area contributed by atoms with Gasteiger partial charge in [0.05, 0.1) is 11.0 Å². The normalized spacial score (nSPS) is 13.3. The zero-order valence-electron chi connectivity index (χ0n) is 8.20. The van der Waals surface area contributed by atoms with E-state index in [-0.39, 0.29) is 0 Å². The molecular weight excluding hydrogens is 176 g/mol. The summed E-state index contributed by atoms with van der Waals surface area (Å²) in [7, 11) is 0. The number of aromatic amines is 1. The van der Waals surface area contributed by atoms with E-state index in [1.807, 2.05) is 31.2 Å². The predicted molar refractivity (Wildman–Crippen MR) is 56.0 cm³/mol. The first-order valence-corrected chi connectivity index (χ1v) is 4.94. The quantitative estimate of drug-likeness (QED) is 0.780. The van der Waals surface area contributed by atoms with Gasteiger partial charge in [-0.05, 0) is 18.6 Å². The maximum absolute atomic E-state index is 9.73. The Labute approximate surface area is 82.8 Å². The van der Waals surface area contributed by atoms with Crippen LogP contribution < -0.4 is 0 Å². The number of nitrogens with one attached hydrogen (secondary N) is 1. The van der Waals surface area contributed by atoms with Crippen LogP contribution in [0, 0.1) is 0 Å². The predicted octanol–water partition coefficient (Wildman–Crippen LogP) is 2.40. The standard InChI is InChI=1S/C11H14N2O/c1-2-5-10(14)11-12-8-6-3-4-7-9(8)13-11/h3-4,6-7,10,14H,2,5H2,1H3,(H,12,13)/t10-/m0/s1. The minimum atomic E-state index is -0.465. The van der Waals surface area contributed by atoms with Gasteiger partial charge in [0.1, 0.15) is 11.9 Å². The average molecular weight is 190 g/mol. The maximum atomic E-state index is 9.73. The molecule has 2 aromatic rings. The van der Waals surface area contributed by atoms with E-state index in [9.17, 15) is 5.11 Å². The van der Waals surface area contributed by atoms with Crippen molar-refractivity contribution in [2.45, 2.75) is 25.9 Å². The molecule has 0 aliphatic rings. The number of benzene rings is 1. The summed E-state index contributed by atoms with van der Waals surface area (Å²) < 4.78 is 0. The fourth-order valence-electron chi connectivity index (χ4n) is 1.54. The summed E-state index contributed by atoms with van der Waals surface area (Å²) in [5, 5.41) is 9.73. The number of aliphatic hydroxyl groups excluding tert-OH is 1. The smallest absolute Gasteiger partial charge is 0.136 e. The van der Waals surface area contributed by atoms with Crippen LogP contribution in [0.2, 0.25) is 0 Å². The number of imidazole rings is 1. The zero-order valence-corrected chi connectivity index (χ0v) is 8.20. The molecule has 0 bridgehead atoms. The molecule has 74 valence electrons. The minimum absolute atomic E-state index is 0.465.